The predicted octanol–water partition coefficient (Wildman–Crippen LogP) is 1.87. The fourth-order valence-electron chi connectivity index (χ4n) is 3.38. The molecule has 9 heteroatoms. The number of ether oxygens (including phenoxy) is 3. The molecule has 1 saturated heterocycles. The summed E-state index contributed by atoms with van der Waals surface area (Å²) in [6.07, 6.45) is 0. The molecule has 0 spiro atoms. The average molecular weight is 418 g/mol. The second-order valence-corrected chi connectivity index (χ2v) is 7.70. The van der Waals surface area contributed by atoms with Gasteiger partial charge in [0.1, 0.15) is 11.6 Å². The molecule has 0 aliphatic carbocycles. The van der Waals surface area contributed by atoms with Crippen LogP contribution in [0.3, 0.4) is 0 Å². The normalized spacial score (nSPS) is 21.2. The van der Waals surface area contributed by atoms with Crippen LogP contribution in [-0.4, -0.2) is 48.8 Å². The van der Waals surface area contributed by atoms with Crippen molar-refractivity contribution in [1.82, 2.24) is 4.90 Å². The molecule has 0 radical (unpaired) electrons. The average Bonchev–Trinajstić information content (AvgIpc) is 3.02. The third-order valence-electron chi connectivity index (χ3n) is 4.73. The van der Waals surface area contributed by atoms with E-state index in [1.54, 1.807) is 45.2 Å². The molecule has 1 aromatic carbocycles. The number of methoxy groups -OCH3 is 2. The van der Waals surface area contributed by atoms with Crippen LogP contribution in [0, 0.1) is 0 Å². The molecule has 2 aliphatic rings. The van der Waals surface area contributed by atoms with Crippen molar-refractivity contribution >= 4 is 29.6 Å². The van der Waals surface area contributed by atoms with Crippen LogP contribution < -0.4 is 10.5 Å². The van der Waals surface area contributed by atoms with Crippen LogP contribution in [0.2, 0.25) is 0 Å². The van der Waals surface area contributed by atoms with Crippen molar-refractivity contribution in [3.05, 3.63) is 51.8 Å². The number of hydrogen-bond donors (Lipinski definition) is 1. The molecule has 2 N–H and O–H groups in total. The van der Waals surface area contributed by atoms with Crippen LogP contribution in [0.1, 0.15) is 25.3 Å². The van der Waals surface area contributed by atoms with Crippen LogP contribution in [0.25, 0.3) is 0 Å². The molecule has 2 heterocycles. The fourth-order valence-corrected chi connectivity index (χ4v) is 4.54. The van der Waals surface area contributed by atoms with E-state index in [4.69, 9.17) is 19.9 Å². The van der Waals surface area contributed by atoms with Crippen LogP contribution in [-0.2, 0) is 23.9 Å². The Morgan fingerprint density at radius 2 is 1.79 bits per heavy atom. The van der Waals surface area contributed by atoms with Gasteiger partial charge in [-0.05, 0) is 31.5 Å². The minimum atomic E-state index is -0.843. The molecule has 2 aliphatic heterocycles. The van der Waals surface area contributed by atoms with Crippen LogP contribution >= 0.6 is 11.8 Å². The first-order chi connectivity index (χ1) is 13.8. The number of esters is 2. The highest BCUT2D eigenvalue weighted by Crippen LogP contribution is 2.49. The second kappa shape index (κ2) is 8.20. The first-order valence-corrected chi connectivity index (χ1v) is 9.87. The Bertz CT molecular complexity index is 921. The van der Waals surface area contributed by atoms with Crippen molar-refractivity contribution < 1.29 is 28.6 Å². The monoisotopic (exact) mass is 418 g/mol. The van der Waals surface area contributed by atoms with Gasteiger partial charge in [-0.25, -0.2) is 9.59 Å². The molecule has 1 fully saturated rings. The highest BCUT2D eigenvalue weighted by molar-refractivity contribution is 8.04. The first-order valence-electron chi connectivity index (χ1n) is 8.99. The summed E-state index contributed by atoms with van der Waals surface area (Å²) in [4.78, 5) is 39.5. The van der Waals surface area contributed by atoms with Crippen LogP contribution in [0.5, 0.6) is 5.75 Å². The van der Waals surface area contributed by atoms with Crippen LogP contribution in [0.4, 0.5) is 0 Å². The van der Waals surface area contributed by atoms with Gasteiger partial charge in [-0.3, -0.25) is 9.69 Å². The second-order valence-electron chi connectivity index (χ2n) is 6.37. The molecular formula is C20H22N2O6S. The van der Waals surface area contributed by atoms with Crippen molar-refractivity contribution in [3.8, 4) is 5.75 Å². The predicted molar refractivity (Wildman–Crippen MR) is 107 cm³/mol. The maximum Gasteiger partial charge on any atom is 0.338 e. The number of nitrogens with two attached hydrogens (primary N) is 1. The molecule has 0 aromatic heterocycles. The minimum Gasteiger partial charge on any atom is -0.497 e. The SMILES string of the molecule is CCOC(=O)C1=C(N)N2C(=O)C(C)SC2=C(C(=O)OC)C1c1ccc(OC)cc1. The standard InChI is InChI=1S/C20H22N2O6S/c1-5-28-20(25)14-13(11-6-8-12(26-3)9-7-11)15(19(24)27-4)18-22(16(14)21)17(23)10(2)29-18/h6-10,13H,5,21H2,1-4H3. The Morgan fingerprint density at radius 1 is 1.14 bits per heavy atom. The molecule has 3 rings (SSSR count). The quantitative estimate of drug-likeness (QED) is 0.722. The van der Waals surface area contributed by atoms with E-state index in [9.17, 15) is 14.4 Å². The summed E-state index contributed by atoms with van der Waals surface area (Å²) >= 11 is 1.21. The van der Waals surface area contributed by atoms with Crippen molar-refractivity contribution in [3.63, 3.8) is 0 Å². The molecule has 0 saturated carbocycles. The topological polar surface area (TPSA) is 108 Å². The zero-order valence-electron chi connectivity index (χ0n) is 16.6. The van der Waals surface area contributed by atoms with Gasteiger partial charge >= 0.3 is 11.9 Å². The maximum atomic E-state index is 12.8. The van der Waals surface area contributed by atoms with E-state index in [0.29, 0.717) is 16.3 Å². The smallest absolute Gasteiger partial charge is 0.338 e. The molecule has 1 amide bonds. The first kappa shape index (κ1) is 20.8. The lowest BCUT2D eigenvalue weighted by atomic mass is 9.82. The molecule has 8 nitrogen and oxygen atoms in total. The van der Waals surface area contributed by atoms with Crippen molar-refractivity contribution in [2.24, 2.45) is 5.73 Å². The lowest BCUT2D eigenvalue weighted by Gasteiger charge is -2.33. The molecular weight excluding hydrogens is 396 g/mol. The summed E-state index contributed by atoms with van der Waals surface area (Å²) in [5, 5.41) is -0.0815. The number of hydrogen-bond acceptors (Lipinski definition) is 8. The van der Waals surface area contributed by atoms with Gasteiger partial charge in [0.05, 0.1) is 48.2 Å². The maximum absolute atomic E-state index is 12.8. The van der Waals surface area contributed by atoms with E-state index >= 15 is 0 Å². The largest absolute Gasteiger partial charge is 0.497 e. The van der Waals surface area contributed by atoms with E-state index in [2.05, 4.69) is 0 Å². The van der Waals surface area contributed by atoms with E-state index < -0.39 is 23.1 Å². The number of nitrogens with zero attached hydrogens (tertiary/aromatic N) is 1. The Kier molecular flexibility index (Phi) is 5.88. The minimum absolute atomic E-state index is 0.0317. The molecule has 0 bridgehead atoms. The number of carbonyl (C=O) groups is 3. The summed E-state index contributed by atoms with van der Waals surface area (Å²) < 4.78 is 15.4. The Hall–Kier alpha value is -2.94. The molecule has 154 valence electrons. The highest BCUT2D eigenvalue weighted by atomic mass is 32.2. The number of amides is 1. The van der Waals surface area contributed by atoms with Gasteiger partial charge < -0.3 is 19.9 Å². The zero-order valence-corrected chi connectivity index (χ0v) is 17.4. The van der Waals surface area contributed by atoms with E-state index in [1.165, 1.54) is 23.8 Å². The third-order valence-corrected chi connectivity index (χ3v) is 5.91. The number of fused-ring (bicyclic) bond motifs is 1. The number of benzene rings is 1. The highest BCUT2D eigenvalue weighted by Gasteiger charge is 2.48. The van der Waals surface area contributed by atoms with Gasteiger partial charge in [0.25, 0.3) is 0 Å². The van der Waals surface area contributed by atoms with Gasteiger partial charge in [-0.15, -0.1) is 0 Å². The van der Waals surface area contributed by atoms with Gasteiger partial charge in [0.2, 0.25) is 5.91 Å². The summed E-state index contributed by atoms with van der Waals surface area (Å²) in [5.41, 5.74) is 7.13. The molecule has 2 atom stereocenters. The number of rotatable bonds is 5. The van der Waals surface area contributed by atoms with Crippen molar-refractivity contribution in [1.29, 1.82) is 0 Å². The third kappa shape index (κ3) is 3.46. The van der Waals surface area contributed by atoms with E-state index in [-0.39, 0.29) is 29.5 Å². The van der Waals surface area contributed by atoms with Gasteiger partial charge in [0, 0.05) is 0 Å². The Labute approximate surface area is 172 Å². The zero-order chi connectivity index (χ0) is 21.3. The summed E-state index contributed by atoms with van der Waals surface area (Å²) in [7, 11) is 2.79. The summed E-state index contributed by atoms with van der Waals surface area (Å²) in [5.74, 6) is -1.90. The van der Waals surface area contributed by atoms with Gasteiger partial charge in [-0.1, -0.05) is 23.9 Å². The van der Waals surface area contributed by atoms with Crippen LogP contribution in [0.15, 0.2) is 46.3 Å². The van der Waals surface area contributed by atoms with Gasteiger partial charge in [-0.2, -0.15) is 0 Å². The molecule has 29 heavy (non-hydrogen) atoms. The molecule has 2 unspecified atom stereocenters. The summed E-state index contributed by atoms with van der Waals surface area (Å²) in [6.45, 7) is 3.50. The van der Waals surface area contributed by atoms with Crippen molar-refractivity contribution in [2.45, 2.75) is 25.0 Å². The lowest BCUT2D eigenvalue weighted by molar-refractivity contribution is -0.139. The summed E-state index contributed by atoms with van der Waals surface area (Å²) in [6, 6.07) is 6.91. The van der Waals surface area contributed by atoms with E-state index in [0.717, 1.165) is 0 Å². The number of thioether (sulfide) groups is 1. The number of carbonyl (C=O) groups excluding carboxylic acids is 3. The van der Waals surface area contributed by atoms with Crippen molar-refractivity contribution in [2.75, 3.05) is 20.8 Å². The lowest BCUT2D eigenvalue weighted by Crippen LogP contribution is -2.40. The molecule has 1 aromatic rings. The van der Waals surface area contributed by atoms with Gasteiger partial charge in [0.15, 0.2) is 0 Å². The Morgan fingerprint density at radius 3 is 2.34 bits per heavy atom. The fraction of sp³-hybridized carbons (Fsp3) is 0.350. The van der Waals surface area contributed by atoms with E-state index in [1.807, 2.05) is 0 Å². The Balaban J connectivity index is 2.28.